The fourth-order valence-corrected chi connectivity index (χ4v) is 2.38. The van der Waals surface area contributed by atoms with Gasteiger partial charge in [-0.3, -0.25) is 4.90 Å². The van der Waals surface area contributed by atoms with Crippen LogP contribution < -0.4 is 5.32 Å². The molecule has 2 unspecified atom stereocenters. The van der Waals surface area contributed by atoms with Gasteiger partial charge in [-0.2, -0.15) is 0 Å². The lowest BCUT2D eigenvalue weighted by molar-refractivity contribution is 0.108. The molecular weight excluding hydrogens is 200 g/mol. The number of hydrogen-bond acceptors (Lipinski definition) is 3. The zero-order chi connectivity index (χ0) is 12.0. The number of rotatable bonds is 6. The van der Waals surface area contributed by atoms with E-state index in [2.05, 4.69) is 31.0 Å². The molecule has 0 aromatic carbocycles. The molecule has 0 spiro atoms. The molecule has 0 aliphatic carbocycles. The second kappa shape index (κ2) is 7.25. The van der Waals surface area contributed by atoms with Crippen molar-refractivity contribution in [3.8, 4) is 0 Å². The molecule has 0 saturated carbocycles. The molecule has 0 bridgehead atoms. The third kappa shape index (κ3) is 4.40. The highest BCUT2D eigenvalue weighted by atomic mass is 16.5. The molecule has 1 heterocycles. The van der Waals surface area contributed by atoms with Gasteiger partial charge in [-0.05, 0) is 39.2 Å². The van der Waals surface area contributed by atoms with E-state index in [0.29, 0.717) is 12.1 Å². The van der Waals surface area contributed by atoms with Crippen LogP contribution >= 0.6 is 0 Å². The molecule has 96 valence electrons. The maximum Gasteiger partial charge on any atom is 0.0589 e. The van der Waals surface area contributed by atoms with Crippen LogP contribution in [0.5, 0.6) is 0 Å². The van der Waals surface area contributed by atoms with Gasteiger partial charge in [-0.1, -0.05) is 6.92 Å². The van der Waals surface area contributed by atoms with E-state index < -0.39 is 0 Å². The Balaban J connectivity index is 2.39. The van der Waals surface area contributed by atoms with E-state index in [1.807, 2.05) is 0 Å². The Labute approximate surface area is 101 Å². The number of piperidine rings is 1. The van der Waals surface area contributed by atoms with Crippen LogP contribution in [0, 0.1) is 5.92 Å². The van der Waals surface area contributed by atoms with Crippen molar-refractivity contribution in [1.29, 1.82) is 0 Å². The maximum absolute atomic E-state index is 5.18. The second-order valence-corrected chi connectivity index (χ2v) is 5.26. The first-order valence-corrected chi connectivity index (χ1v) is 6.61. The highest BCUT2D eigenvalue weighted by Crippen LogP contribution is 2.17. The zero-order valence-electron chi connectivity index (χ0n) is 11.3. The van der Waals surface area contributed by atoms with E-state index in [-0.39, 0.29) is 0 Å². The summed E-state index contributed by atoms with van der Waals surface area (Å²) in [6, 6.07) is 1.26. The minimum Gasteiger partial charge on any atom is -0.383 e. The summed E-state index contributed by atoms with van der Waals surface area (Å²) in [7, 11) is 1.78. The van der Waals surface area contributed by atoms with Gasteiger partial charge in [0, 0.05) is 32.3 Å². The van der Waals surface area contributed by atoms with Crippen LogP contribution in [0.2, 0.25) is 0 Å². The van der Waals surface area contributed by atoms with Crippen molar-refractivity contribution in [1.82, 2.24) is 10.2 Å². The number of methoxy groups -OCH3 is 1. The van der Waals surface area contributed by atoms with Crippen LogP contribution in [-0.2, 0) is 4.74 Å². The van der Waals surface area contributed by atoms with Crippen molar-refractivity contribution >= 4 is 0 Å². The van der Waals surface area contributed by atoms with E-state index in [0.717, 1.165) is 25.6 Å². The Kier molecular flexibility index (Phi) is 6.32. The summed E-state index contributed by atoms with van der Waals surface area (Å²) in [5, 5.41) is 3.65. The van der Waals surface area contributed by atoms with Crippen molar-refractivity contribution in [2.75, 3.05) is 33.4 Å². The summed E-state index contributed by atoms with van der Waals surface area (Å²) in [6.45, 7) is 11.1. The molecule has 1 N–H and O–H groups in total. The van der Waals surface area contributed by atoms with E-state index in [1.165, 1.54) is 19.4 Å². The van der Waals surface area contributed by atoms with Crippen LogP contribution in [0.25, 0.3) is 0 Å². The molecule has 0 aromatic heterocycles. The topological polar surface area (TPSA) is 24.5 Å². The molecule has 1 aliphatic heterocycles. The molecule has 3 heteroatoms. The van der Waals surface area contributed by atoms with Crippen LogP contribution in [-0.4, -0.2) is 50.3 Å². The van der Waals surface area contributed by atoms with Gasteiger partial charge in [0.2, 0.25) is 0 Å². The lowest BCUT2D eigenvalue weighted by atomic mass is 9.92. The van der Waals surface area contributed by atoms with E-state index in [9.17, 15) is 0 Å². The van der Waals surface area contributed by atoms with E-state index in [4.69, 9.17) is 4.74 Å². The Bertz CT molecular complexity index is 185. The van der Waals surface area contributed by atoms with Crippen molar-refractivity contribution < 1.29 is 4.74 Å². The number of ether oxygens (including phenoxy) is 1. The molecule has 1 rings (SSSR count). The number of nitrogens with zero attached hydrogens (tertiary/aromatic N) is 1. The van der Waals surface area contributed by atoms with Gasteiger partial charge in [-0.15, -0.1) is 0 Å². The molecule has 1 saturated heterocycles. The first kappa shape index (κ1) is 13.9. The van der Waals surface area contributed by atoms with Gasteiger partial charge >= 0.3 is 0 Å². The minimum atomic E-state index is 0.603. The third-order valence-electron chi connectivity index (χ3n) is 3.67. The van der Waals surface area contributed by atoms with Crippen LogP contribution in [0.1, 0.15) is 33.6 Å². The van der Waals surface area contributed by atoms with Crippen LogP contribution in [0.15, 0.2) is 0 Å². The first-order valence-electron chi connectivity index (χ1n) is 6.61. The predicted octanol–water partition coefficient (Wildman–Crippen LogP) is 1.73. The Morgan fingerprint density at radius 1 is 1.44 bits per heavy atom. The zero-order valence-corrected chi connectivity index (χ0v) is 11.3. The number of nitrogens with one attached hydrogen (secondary N) is 1. The Morgan fingerprint density at radius 3 is 2.75 bits per heavy atom. The highest BCUT2D eigenvalue weighted by molar-refractivity contribution is 4.82. The largest absolute Gasteiger partial charge is 0.383 e. The lowest BCUT2D eigenvalue weighted by Gasteiger charge is -2.36. The molecule has 2 atom stereocenters. The smallest absolute Gasteiger partial charge is 0.0589 e. The Hall–Kier alpha value is -0.120. The number of hydrogen-bond donors (Lipinski definition) is 1. The SMILES string of the molecule is COCCN(CC1NCCCC1C)C(C)C. The molecule has 0 radical (unpaired) electrons. The van der Waals surface area contributed by atoms with Gasteiger partial charge in [0.05, 0.1) is 6.61 Å². The normalized spacial score (nSPS) is 26.6. The van der Waals surface area contributed by atoms with Gasteiger partial charge in [0.25, 0.3) is 0 Å². The predicted molar refractivity (Wildman–Crippen MR) is 68.8 cm³/mol. The second-order valence-electron chi connectivity index (χ2n) is 5.26. The van der Waals surface area contributed by atoms with Crippen molar-refractivity contribution in [2.24, 2.45) is 5.92 Å². The molecule has 1 aliphatic rings. The summed E-state index contributed by atoms with van der Waals surface area (Å²) in [5.74, 6) is 0.803. The maximum atomic E-state index is 5.18. The summed E-state index contributed by atoms with van der Waals surface area (Å²) in [5.41, 5.74) is 0. The van der Waals surface area contributed by atoms with Crippen molar-refractivity contribution in [3.63, 3.8) is 0 Å². The van der Waals surface area contributed by atoms with Gasteiger partial charge in [-0.25, -0.2) is 0 Å². The quantitative estimate of drug-likeness (QED) is 0.749. The molecule has 16 heavy (non-hydrogen) atoms. The fraction of sp³-hybridized carbons (Fsp3) is 1.00. The molecular formula is C13H28N2O. The van der Waals surface area contributed by atoms with Gasteiger partial charge in [0.1, 0.15) is 0 Å². The summed E-state index contributed by atoms with van der Waals surface area (Å²) < 4.78 is 5.18. The van der Waals surface area contributed by atoms with E-state index in [1.54, 1.807) is 7.11 Å². The average Bonchev–Trinajstić information content (AvgIpc) is 2.26. The molecule has 0 amide bonds. The molecule has 1 fully saturated rings. The Morgan fingerprint density at radius 2 is 2.19 bits per heavy atom. The van der Waals surface area contributed by atoms with Crippen LogP contribution in [0.3, 0.4) is 0 Å². The monoisotopic (exact) mass is 228 g/mol. The summed E-state index contributed by atoms with van der Waals surface area (Å²) in [6.07, 6.45) is 2.70. The molecule has 3 nitrogen and oxygen atoms in total. The van der Waals surface area contributed by atoms with Crippen LogP contribution in [0.4, 0.5) is 0 Å². The van der Waals surface area contributed by atoms with E-state index >= 15 is 0 Å². The highest BCUT2D eigenvalue weighted by Gasteiger charge is 2.23. The molecule has 0 aromatic rings. The third-order valence-corrected chi connectivity index (χ3v) is 3.67. The van der Waals surface area contributed by atoms with Gasteiger partial charge < -0.3 is 10.1 Å². The minimum absolute atomic E-state index is 0.603. The average molecular weight is 228 g/mol. The van der Waals surface area contributed by atoms with Crippen molar-refractivity contribution in [3.05, 3.63) is 0 Å². The summed E-state index contributed by atoms with van der Waals surface area (Å²) >= 11 is 0. The first-order chi connectivity index (χ1) is 7.65. The summed E-state index contributed by atoms with van der Waals surface area (Å²) in [4.78, 5) is 2.52. The van der Waals surface area contributed by atoms with Crippen molar-refractivity contribution in [2.45, 2.75) is 45.7 Å². The standard InChI is InChI=1S/C13H28N2O/c1-11(2)15(8-9-16-4)10-13-12(3)6-5-7-14-13/h11-14H,5-10H2,1-4H3. The van der Waals surface area contributed by atoms with Gasteiger partial charge in [0.15, 0.2) is 0 Å². The lowest BCUT2D eigenvalue weighted by Crippen LogP contribution is -2.50. The fourth-order valence-electron chi connectivity index (χ4n) is 2.38.